The predicted molar refractivity (Wildman–Crippen MR) is 99.7 cm³/mol. The Morgan fingerprint density at radius 3 is 2.82 bits per heavy atom. The van der Waals surface area contributed by atoms with Crippen LogP contribution in [0, 0.1) is 0 Å². The number of benzene rings is 2. The fraction of sp³-hybridized carbons (Fsp3) is 0.143. The summed E-state index contributed by atoms with van der Waals surface area (Å²) < 4.78 is 26.9. The molecule has 0 bridgehead atoms. The second-order valence-corrected chi connectivity index (χ2v) is 6.32. The van der Waals surface area contributed by atoms with E-state index in [1.807, 2.05) is 24.3 Å². The smallest absolute Gasteiger partial charge is 0.363 e. The Hall–Kier alpha value is -3.74. The Morgan fingerprint density at radius 2 is 1.93 bits per heavy atom. The number of hydrogen-bond acceptors (Lipinski definition) is 7. The Balaban J connectivity index is 1.43. The molecule has 3 aliphatic rings. The molecule has 0 saturated carbocycles. The maximum absolute atomic E-state index is 12.2. The van der Waals surface area contributed by atoms with Gasteiger partial charge in [-0.25, -0.2) is 9.79 Å². The van der Waals surface area contributed by atoms with Gasteiger partial charge in [0.2, 0.25) is 12.7 Å². The van der Waals surface area contributed by atoms with Crippen LogP contribution in [-0.4, -0.2) is 32.4 Å². The fourth-order valence-corrected chi connectivity index (χ4v) is 3.11. The first-order chi connectivity index (χ1) is 13.7. The molecule has 0 radical (unpaired) electrons. The number of ether oxygens (including phenoxy) is 5. The quantitative estimate of drug-likeness (QED) is 0.604. The SMILES string of the molecule is COc1ccc2c(c1)OCC(/C=C1/N=C(c3ccc4c(c3)OCO4)OC1=O)=C2. The zero-order valence-corrected chi connectivity index (χ0v) is 14.9. The van der Waals surface area contributed by atoms with Crippen molar-refractivity contribution in [2.24, 2.45) is 4.99 Å². The molecular formula is C21H15NO6. The summed E-state index contributed by atoms with van der Waals surface area (Å²) in [6.45, 7) is 0.504. The van der Waals surface area contributed by atoms with Gasteiger partial charge in [0.15, 0.2) is 17.2 Å². The molecule has 140 valence electrons. The third-order valence-electron chi connectivity index (χ3n) is 4.52. The van der Waals surface area contributed by atoms with Gasteiger partial charge in [0.25, 0.3) is 0 Å². The maximum atomic E-state index is 12.2. The summed E-state index contributed by atoms with van der Waals surface area (Å²) in [6.07, 6.45) is 3.63. The molecule has 2 aromatic rings. The largest absolute Gasteiger partial charge is 0.497 e. The minimum absolute atomic E-state index is 0.178. The Labute approximate surface area is 160 Å². The monoisotopic (exact) mass is 377 g/mol. The average molecular weight is 377 g/mol. The number of aliphatic imine (C=N–C) groups is 1. The van der Waals surface area contributed by atoms with Crippen LogP contribution in [0.25, 0.3) is 6.08 Å². The lowest BCUT2D eigenvalue weighted by molar-refractivity contribution is -0.130. The van der Waals surface area contributed by atoms with Gasteiger partial charge in [-0.05, 0) is 48.1 Å². The molecule has 0 saturated heterocycles. The summed E-state index contributed by atoms with van der Waals surface area (Å²) in [4.78, 5) is 16.6. The molecule has 28 heavy (non-hydrogen) atoms. The molecule has 0 N–H and O–H groups in total. The number of carbonyl (C=O) groups excluding carboxylic acids is 1. The van der Waals surface area contributed by atoms with Gasteiger partial charge < -0.3 is 23.7 Å². The van der Waals surface area contributed by atoms with Crippen LogP contribution in [0.3, 0.4) is 0 Å². The van der Waals surface area contributed by atoms with E-state index in [1.165, 1.54) is 0 Å². The first-order valence-electron chi connectivity index (χ1n) is 8.63. The molecule has 0 aromatic heterocycles. The molecule has 3 heterocycles. The van der Waals surface area contributed by atoms with Crippen molar-refractivity contribution >= 4 is 17.9 Å². The average Bonchev–Trinajstić information content (AvgIpc) is 3.33. The molecule has 7 heteroatoms. The number of hydrogen-bond donors (Lipinski definition) is 0. The van der Waals surface area contributed by atoms with Crippen LogP contribution in [0.1, 0.15) is 11.1 Å². The van der Waals surface area contributed by atoms with Crippen molar-refractivity contribution in [3.63, 3.8) is 0 Å². The molecule has 0 amide bonds. The molecule has 5 rings (SSSR count). The molecule has 0 unspecified atom stereocenters. The van der Waals surface area contributed by atoms with Gasteiger partial charge >= 0.3 is 5.97 Å². The van der Waals surface area contributed by atoms with E-state index in [0.29, 0.717) is 23.7 Å². The van der Waals surface area contributed by atoms with Gasteiger partial charge in [-0.2, -0.15) is 0 Å². The second-order valence-electron chi connectivity index (χ2n) is 6.32. The molecule has 7 nitrogen and oxygen atoms in total. The second kappa shape index (κ2) is 6.45. The summed E-state index contributed by atoms with van der Waals surface area (Å²) in [7, 11) is 1.61. The summed E-state index contributed by atoms with van der Waals surface area (Å²) in [5.41, 5.74) is 2.59. The van der Waals surface area contributed by atoms with E-state index in [9.17, 15) is 4.79 Å². The molecule has 0 atom stereocenters. The van der Waals surface area contributed by atoms with Gasteiger partial charge in [0, 0.05) is 17.2 Å². The van der Waals surface area contributed by atoms with Crippen LogP contribution in [0.2, 0.25) is 0 Å². The Bertz CT molecular complexity index is 1080. The minimum atomic E-state index is -0.505. The summed E-state index contributed by atoms with van der Waals surface area (Å²) in [5.74, 6) is 2.45. The summed E-state index contributed by atoms with van der Waals surface area (Å²) in [5, 5.41) is 0. The number of rotatable bonds is 3. The highest BCUT2D eigenvalue weighted by molar-refractivity contribution is 6.11. The van der Waals surface area contributed by atoms with Crippen LogP contribution in [-0.2, 0) is 9.53 Å². The first kappa shape index (κ1) is 16.4. The van der Waals surface area contributed by atoms with E-state index in [0.717, 1.165) is 22.6 Å². The molecule has 0 spiro atoms. The zero-order valence-electron chi connectivity index (χ0n) is 14.9. The molecule has 3 aliphatic heterocycles. The van der Waals surface area contributed by atoms with Crippen LogP contribution in [0.4, 0.5) is 0 Å². The van der Waals surface area contributed by atoms with Gasteiger partial charge in [-0.1, -0.05) is 0 Å². The number of esters is 1. The zero-order chi connectivity index (χ0) is 19.1. The molecule has 0 fully saturated rings. The number of cyclic esters (lactones) is 1. The topological polar surface area (TPSA) is 75.6 Å². The van der Waals surface area contributed by atoms with E-state index in [2.05, 4.69) is 4.99 Å². The third kappa shape index (κ3) is 2.87. The third-order valence-corrected chi connectivity index (χ3v) is 4.52. The van der Waals surface area contributed by atoms with Crippen molar-refractivity contribution in [3.05, 3.63) is 64.9 Å². The standard InChI is InChI=1S/C21H15NO6/c1-24-15-4-2-13-6-12(10-25-18(13)9-15)7-16-21(23)28-20(22-16)14-3-5-17-19(8-14)27-11-26-17/h2-9H,10-11H2,1H3/b16-7+. The first-order valence-corrected chi connectivity index (χ1v) is 8.63. The highest BCUT2D eigenvalue weighted by Gasteiger charge is 2.26. The highest BCUT2D eigenvalue weighted by atomic mass is 16.7. The minimum Gasteiger partial charge on any atom is -0.497 e. The van der Waals surface area contributed by atoms with Crippen molar-refractivity contribution in [2.75, 3.05) is 20.5 Å². The van der Waals surface area contributed by atoms with Crippen molar-refractivity contribution in [1.82, 2.24) is 0 Å². The summed E-state index contributed by atoms with van der Waals surface area (Å²) >= 11 is 0. The lowest BCUT2D eigenvalue weighted by Crippen LogP contribution is -2.08. The lowest BCUT2D eigenvalue weighted by Gasteiger charge is -2.16. The van der Waals surface area contributed by atoms with E-state index in [4.69, 9.17) is 23.7 Å². The molecular weight excluding hydrogens is 362 g/mol. The summed E-state index contributed by atoms with van der Waals surface area (Å²) in [6, 6.07) is 10.9. The molecule has 0 aliphatic carbocycles. The maximum Gasteiger partial charge on any atom is 0.363 e. The van der Waals surface area contributed by atoms with Crippen LogP contribution in [0.5, 0.6) is 23.0 Å². The lowest BCUT2D eigenvalue weighted by atomic mass is 10.1. The number of nitrogens with zero attached hydrogens (tertiary/aromatic N) is 1. The van der Waals surface area contributed by atoms with E-state index in [-0.39, 0.29) is 18.4 Å². The van der Waals surface area contributed by atoms with Crippen molar-refractivity contribution in [3.8, 4) is 23.0 Å². The fourth-order valence-electron chi connectivity index (χ4n) is 3.11. The van der Waals surface area contributed by atoms with Crippen molar-refractivity contribution in [1.29, 1.82) is 0 Å². The van der Waals surface area contributed by atoms with Crippen LogP contribution >= 0.6 is 0 Å². The molecule has 2 aromatic carbocycles. The van der Waals surface area contributed by atoms with E-state index < -0.39 is 5.97 Å². The Kier molecular flexibility index (Phi) is 3.79. The number of fused-ring (bicyclic) bond motifs is 2. The predicted octanol–water partition coefficient (Wildman–Crippen LogP) is 3.09. The van der Waals surface area contributed by atoms with Crippen molar-refractivity contribution < 1.29 is 28.5 Å². The van der Waals surface area contributed by atoms with Gasteiger partial charge in [-0.15, -0.1) is 0 Å². The number of carbonyl (C=O) groups is 1. The van der Waals surface area contributed by atoms with Crippen LogP contribution in [0.15, 0.2) is 58.7 Å². The number of methoxy groups -OCH3 is 1. The highest BCUT2D eigenvalue weighted by Crippen LogP contribution is 2.34. The van der Waals surface area contributed by atoms with E-state index in [1.54, 1.807) is 31.4 Å². The van der Waals surface area contributed by atoms with Crippen molar-refractivity contribution in [2.45, 2.75) is 0 Å². The van der Waals surface area contributed by atoms with E-state index >= 15 is 0 Å². The van der Waals surface area contributed by atoms with Gasteiger partial charge in [-0.3, -0.25) is 0 Å². The van der Waals surface area contributed by atoms with Gasteiger partial charge in [0.1, 0.15) is 18.1 Å². The normalized spacial score (nSPS) is 18.2. The van der Waals surface area contributed by atoms with Crippen LogP contribution < -0.4 is 18.9 Å². The van der Waals surface area contributed by atoms with Gasteiger partial charge in [0.05, 0.1) is 7.11 Å². The Morgan fingerprint density at radius 1 is 1.04 bits per heavy atom.